The molecule has 3 heterocycles. The number of methoxy groups -OCH3 is 1. The van der Waals surface area contributed by atoms with Gasteiger partial charge in [-0.15, -0.1) is 0 Å². The molecular weight excluding hydrogens is 432 g/mol. The van der Waals surface area contributed by atoms with Gasteiger partial charge < -0.3 is 18.8 Å². The normalized spacial score (nSPS) is 18.9. The standard InChI is InChI=1S/C24H23ClN2O5/c1-30-17-5-2-15(3-6-17)21-20-22(28)18-14-16(25)4-7-19(18)32-23(20)24(29)27(21)9-8-26-10-12-31-13-11-26/h2-7,14,21H,8-13H2,1H3/t21-/m0/s1. The van der Waals surface area contributed by atoms with E-state index in [0.29, 0.717) is 53.6 Å². The van der Waals surface area contributed by atoms with Gasteiger partial charge in [0, 0.05) is 31.2 Å². The van der Waals surface area contributed by atoms with Crippen molar-refractivity contribution in [2.75, 3.05) is 46.5 Å². The van der Waals surface area contributed by atoms with Crippen LogP contribution in [0.2, 0.25) is 5.02 Å². The molecule has 2 aliphatic rings. The highest BCUT2D eigenvalue weighted by atomic mass is 35.5. The molecule has 0 radical (unpaired) electrons. The number of hydrogen-bond acceptors (Lipinski definition) is 6. The van der Waals surface area contributed by atoms with E-state index in [1.54, 1.807) is 30.2 Å². The lowest BCUT2D eigenvalue weighted by molar-refractivity contribution is 0.0314. The number of benzene rings is 2. The molecule has 0 unspecified atom stereocenters. The minimum atomic E-state index is -0.538. The third-order valence-electron chi connectivity index (χ3n) is 6.12. The largest absolute Gasteiger partial charge is 0.497 e. The smallest absolute Gasteiger partial charge is 0.290 e. The van der Waals surface area contributed by atoms with Gasteiger partial charge in [0.05, 0.1) is 37.3 Å². The zero-order chi connectivity index (χ0) is 22.2. The van der Waals surface area contributed by atoms with E-state index in [1.165, 1.54) is 0 Å². The van der Waals surface area contributed by atoms with Crippen LogP contribution in [0.4, 0.5) is 0 Å². The number of ether oxygens (including phenoxy) is 2. The Bertz CT molecular complexity index is 1220. The molecule has 0 bridgehead atoms. The summed E-state index contributed by atoms with van der Waals surface area (Å²) in [5.41, 5.74) is 1.31. The number of halogens is 1. The summed E-state index contributed by atoms with van der Waals surface area (Å²) in [7, 11) is 1.60. The van der Waals surface area contributed by atoms with Crippen LogP contribution in [0.25, 0.3) is 11.0 Å². The monoisotopic (exact) mass is 454 g/mol. The van der Waals surface area contributed by atoms with E-state index in [0.717, 1.165) is 18.7 Å². The van der Waals surface area contributed by atoms with E-state index < -0.39 is 6.04 Å². The molecule has 1 aromatic heterocycles. The van der Waals surface area contributed by atoms with Crippen molar-refractivity contribution < 1.29 is 18.7 Å². The maximum absolute atomic E-state index is 13.5. The first-order valence-corrected chi connectivity index (χ1v) is 11.0. The van der Waals surface area contributed by atoms with Crippen molar-refractivity contribution in [1.29, 1.82) is 0 Å². The zero-order valence-electron chi connectivity index (χ0n) is 17.7. The summed E-state index contributed by atoms with van der Waals surface area (Å²) in [4.78, 5) is 31.0. The van der Waals surface area contributed by atoms with Crippen LogP contribution in [0, 0.1) is 0 Å². The Kier molecular flexibility index (Phi) is 5.63. The summed E-state index contributed by atoms with van der Waals surface area (Å²) < 4.78 is 16.7. The molecule has 8 heteroatoms. The average molecular weight is 455 g/mol. The van der Waals surface area contributed by atoms with Crippen LogP contribution in [0.15, 0.2) is 51.7 Å². The molecule has 0 N–H and O–H groups in total. The minimum absolute atomic E-state index is 0.104. The minimum Gasteiger partial charge on any atom is -0.497 e. The molecule has 1 saturated heterocycles. The molecule has 32 heavy (non-hydrogen) atoms. The Labute approximate surface area is 190 Å². The Morgan fingerprint density at radius 1 is 1.06 bits per heavy atom. The van der Waals surface area contributed by atoms with Crippen LogP contribution >= 0.6 is 11.6 Å². The van der Waals surface area contributed by atoms with E-state index in [9.17, 15) is 9.59 Å². The molecular formula is C24H23ClN2O5. The van der Waals surface area contributed by atoms with Crippen molar-refractivity contribution in [2.24, 2.45) is 0 Å². The molecule has 0 saturated carbocycles. The topological polar surface area (TPSA) is 72.2 Å². The number of amides is 1. The fraction of sp³-hybridized carbons (Fsp3) is 0.333. The van der Waals surface area contributed by atoms with E-state index >= 15 is 0 Å². The zero-order valence-corrected chi connectivity index (χ0v) is 18.4. The van der Waals surface area contributed by atoms with Gasteiger partial charge in [-0.2, -0.15) is 0 Å². The van der Waals surface area contributed by atoms with Crippen molar-refractivity contribution in [3.63, 3.8) is 0 Å². The fourth-order valence-corrected chi connectivity index (χ4v) is 4.60. The maximum atomic E-state index is 13.5. The highest BCUT2D eigenvalue weighted by molar-refractivity contribution is 6.31. The van der Waals surface area contributed by atoms with Gasteiger partial charge in [-0.25, -0.2) is 0 Å². The van der Waals surface area contributed by atoms with Gasteiger partial charge in [0.25, 0.3) is 5.91 Å². The van der Waals surface area contributed by atoms with Crippen molar-refractivity contribution in [1.82, 2.24) is 9.80 Å². The highest BCUT2D eigenvalue weighted by Crippen LogP contribution is 2.38. The van der Waals surface area contributed by atoms with Gasteiger partial charge >= 0.3 is 0 Å². The Balaban J connectivity index is 1.60. The van der Waals surface area contributed by atoms with Crippen LogP contribution < -0.4 is 10.2 Å². The lowest BCUT2D eigenvalue weighted by Gasteiger charge is -2.31. The summed E-state index contributed by atoms with van der Waals surface area (Å²) in [5.74, 6) is 0.533. The molecule has 166 valence electrons. The molecule has 0 aliphatic carbocycles. The Hall–Kier alpha value is -2.87. The van der Waals surface area contributed by atoms with E-state index in [2.05, 4.69) is 4.90 Å². The van der Waals surface area contributed by atoms with Crippen molar-refractivity contribution in [3.05, 3.63) is 74.6 Å². The van der Waals surface area contributed by atoms with Gasteiger partial charge in [0.2, 0.25) is 5.76 Å². The summed E-state index contributed by atoms with van der Waals surface area (Å²) in [6, 6.07) is 11.8. The number of nitrogens with zero attached hydrogens (tertiary/aromatic N) is 2. The van der Waals surface area contributed by atoms with Gasteiger partial charge in [0.1, 0.15) is 11.3 Å². The SMILES string of the molecule is COc1ccc([C@H]2c3c(oc4ccc(Cl)cc4c3=O)C(=O)N2CCN2CCOCC2)cc1. The Morgan fingerprint density at radius 2 is 1.81 bits per heavy atom. The third kappa shape index (κ3) is 3.66. The van der Waals surface area contributed by atoms with Gasteiger partial charge in [0.15, 0.2) is 5.43 Å². The molecule has 3 aromatic rings. The number of carbonyl (C=O) groups excluding carboxylic acids is 1. The second-order valence-electron chi connectivity index (χ2n) is 7.94. The molecule has 2 aromatic carbocycles. The lowest BCUT2D eigenvalue weighted by Crippen LogP contribution is -2.42. The second-order valence-corrected chi connectivity index (χ2v) is 8.38. The van der Waals surface area contributed by atoms with E-state index in [1.807, 2.05) is 24.3 Å². The summed E-state index contributed by atoms with van der Waals surface area (Å²) >= 11 is 6.13. The lowest BCUT2D eigenvalue weighted by atomic mass is 9.98. The number of morpholine rings is 1. The molecule has 1 atom stereocenters. The third-order valence-corrected chi connectivity index (χ3v) is 6.36. The first-order chi connectivity index (χ1) is 15.6. The summed E-state index contributed by atoms with van der Waals surface area (Å²) in [6.45, 7) is 4.17. The predicted octanol–water partition coefficient (Wildman–Crippen LogP) is 3.33. The molecule has 1 fully saturated rings. The van der Waals surface area contributed by atoms with Crippen molar-refractivity contribution in [2.45, 2.75) is 6.04 Å². The summed E-state index contributed by atoms with van der Waals surface area (Å²) in [6.07, 6.45) is 0. The van der Waals surface area contributed by atoms with Crippen LogP contribution in [0.3, 0.4) is 0 Å². The molecule has 5 rings (SSSR count). The van der Waals surface area contributed by atoms with Crippen LogP contribution in [-0.4, -0.2) is 62.2 Å². The number of carbonyl (C=O) groups is 1. The van der Waals surface area contributed by atoms with Crippen molar-refractivity contribution >= 4 is 28.5 Å². The van der Waals surface area contributed by atoms with Crippen LogP contribution in [-0.2, 0) is 4.74 Å². The second kappa shape index (κ2) is 8.58. The summed E-state index contributed by atoms with van der Waals surface area (Å²) in [5, 5.41) is 0.817. The number of rotatable bonds is 5. The fourth-order valence-electron chi connectivity index (χ4n) is 4.43. The maximum Gasteiger partial charge on any atom is 0.290 e. The Morgan fingerprint density at radius 3 is 2.53 bits per heavy atom. The van der Waals surface area contributed by atoms with Crippen molar-refractivity contribution in [3.8, 4) is 5.75 Å². The van der Waals surface area contributed by atoms with Crippen LogP contribution in [0.5, 0.6) is 5.75 Å². The van der Waals surface area contributed by atoms with Gasteiger partial charge in [-0.3, -0.25) is 14.5 Å². The highest BCUT2D eigenvalue weighted by Gasteiger charge is 2.42. The average Bonchev–Trinajstić information content (AvgIpc) is 3.10. The molecule has 7 nitrogen and oxygen atoms in total. The quantitative estimate of drug-likeness (QED) is 0.589. The van der Waals surface area contributed by atoms with Crippen LogP contribution in [0.1, 0.15) is 27.7 Å². The number of hydrogen-bond donors (Lipinski definition) is 0. The first kappa shape index (κ1) is 21.0. The van der Waals surface area contributed by atoms with Gasteiger partial charge in [-0.05, 0) is 35.9 Å². The van der Waals surface area contributed by atoms with Gasteiger partial charge in [-0.1, -0.05) is 23.7 Å². The van der Waals surface area contributed by atoms with E-state index in [4.69, 9.17) is 25.5 Å². The van der Waals surface area contributed by atoms with E-state index in [-0.39, 0.29) is 17.1 Å². The predicted molar refractivity (Wildman–Crippen MR) is 121 cm³/mol. The molecule has 0 spiro atoms. The number of fused-ring (bicyclic) bond motifs is 2. The first-order valence-electron chi connectivity index (χ1n) is 10.6. The molecule has 2 aliphatic heterocycles. The molecule has 1 amide bonds.